The summed E-state index contributed by atoms with van der Waals surface area (Å²) < 4.78 is 39.8. The molecule has 2 rings (SSSR count). The van der Waals surface area contributed by atoms with Crippen molar-refractivity contribution < 1.29 is 22.7 Å². The van der Waals surface area contributed by atoms with Crippen molar-refractivity contribution in [1.29, 1.82) is 0 Å². The molecule has 0 spiro atoms. The number of rotatable bonds is 4. The molecule has 7 heteroatoms. The quantitative estimate of drug-likeness (QED) is 0.909. The van der Waals surface area contributed by atoms with E-state index in [0.717, 1.165) is 18.2 Å². The highest BCUT2D eigenvalue weighted by Gasteiger charge is 2.20. The van der Waals surface area contributed by atoms with E-state index in [-0.39, 0.29) is 21.7 Å². The smallest absolute Gasteiger partial charge is 0.337 e. The van der Waals surface area contributed by atoms with Gasteiger partial charge >= 0.3 is 5.97 Å². The molecule has 0 fully saturated rings. The van der Waals surface area contributed by atoms with Crippen molar-refractivity contribution in [3.8, 4) is 0 Å². The molecular formula is C14H12FNO4S. The van der Waals surface area contributed by atoms with Gasteiger partial charge in [-0.3, -0.25) is 4.72 Å². The zero-order valence-electron chi connectivity index (χ0n) is 11.0. The second-order valence-electron chi connectivity index (χ2n) is 4.37. The number of halogens is 1. The van der Waals surface area contributed by atoms with Gasteiger partial charge in [0.05, 0.1) is 16.1 Å². The van der Waals surface area contributed by atoms with E-state index in [1.54, 1.807) is 0 Å². The molecule has 0 bridgehead atoms. The number of aryl methyl sites for hydroxylation is 1. The van der Waals surface area contributed by atoms with E-state index in [4.69, 9.17) is 5.11 Å². The summed E-state index contributed by atoms with van der Waals surface area (Å²) in [6.07, 6.45) is 0. The molecule has 0 atom stereocenters. The standard InChI is InChI=1S/C14H12FNO4S/c1-9-8-10(15)6-7-13(9)21(19,20)16-12-5-3-2-4-11(12)14(17)18/h2-8,16H,1H3,(H,17,18). The largest absolute Gasteiger partial charge is 0.478 e. The molecule has 2 aromatic rings. The second kappa shape index (κ2) is 5.53. The van der Waals surface area contributed by atoms with Crippen LogP contribution in [0.5, 0.6) is 0 Å². The third-order valence-corrected chi connectivity index (χ3v) is 4.35. The Kier molecular flexibility index (Phi) is 3.95. The molecule has 0 unspecified atom stereocenters. The maximum Gasteiger partial charge on any atom is 0.337 e. The van der Waals surface area contributed by atoms with E-state index >= 15 is 0 Å². The summed E-state index contributed by atoms with van der Waals surface area (Å²) in [4.78, 5) is 11.0. The Bertz CT molecular complexity index is 802. The van der Waals surface area contributed by atoms with Crippen molar-refractivity contribution in [2.24, 2.45) is 0 Å². The number of sulfonamides is 1. The fourth-order valence-electron chi connectivity index (χ4n) is 1.87. The minimum atomic E-state index is -4.00. The first kappa shape index (κ1) is 15.0. The molecule has 21 heavy (non-hydrogen) atoms. The van der Waals surface area contributed by atoms with Crippen LogP contribution in [0.2, 0.25) is 0 Å². The zero-order chi connectivity index (χ0) is 15.6. The van der Waals surface area contributed by atoms with E-state index in [1.165, 1.54) is 31.2 Å². The molecule has 0 aliphatic heterocycles. The molecule has 0 saturated heterocycles. The lowest BCUT2D eigenvalue weighted by molar-refractivity contribution is 0.0698. The number of hydrogen-bond donors (Lipinski definition) is 2. The summed E-state index contributed by atoms with van der Waals surface area (Å²) in [5, 5.41) is 9.04. The molecule has 2 aromatic carbocycles. The summed E-state index contributed by atoms with van der Waals surface area (Å²) >= 11 is 0. The highest BCUT2D eigenvalue weighted by molar-refractivity contribution is 7.92. The minimum Gasteiger partial charge on any atom is -0.478 e. The first-order chi connectivity index (χ1) is 9.81. The van der Waals surface area contributed by atoms with Crippen LogP contribution in [0.25, 0.3) is 0 Å². The molecule has 5 nitrogen and oxygen atoms in total. The summed E-state index contributed by atoms with van der Waals surface area (Å²) in [5.41, 5.74) is 0.0184. The van der Waals surface area contributed by atoms with Crippen LogP contribution in [-0.2, 0) is 10.0 Å². The number of aromatic carboxylic acids is 1. The van der Waals surface area contributed by atoms with Crippen LogP contribution in [0.3, 0.4) is 0 Å². The summed E-state index contributed by atoms with van der Waals surface area (Å²) in [7, 11) is -4.00. The van der Waals surface area contributed by atoms with Gasteiger partial charge in [0.25, 0.3) is 10.0 Å². The lowest BCUT2D eigenvalue weighted by Crippen LogP contribution is -2.16. The van der Waals surface area contributed by atoms with Gasteiger partial charge in [0.1, 0.15) is 5.82 Å². The summed E-state index contributed by atoms with van der Waals surface area (Å²) in [6, 6.07) is 8.91. The molecule has 2 N–H and O–H groups in total. The average molecular weight is 309 g/mol. The third kappa shape index (κ3) is 3.19. The van der Waals surface area contributed by atoms with Crippen molar-refractivity contribution in [1.82, 2.24) is 0 Å². The molecule has 110 valence electrons. The Balaban J connectivity index is 2.45. The van der Waals surface area contributed by atoms with E-state index in [9.17, 15) is 17.6 Å². The fourth-order valence-corrected chi connectivity index (χ4v) is 3.18. The highest BCUT2D eigenvalue weighted by Crippen LogP contribution is 2.22. The van der Waals surface area contributed by atoms with Crippen LogP contribution < -0.4 is 4.72 Å². The van der Waals surface area contributed by atoms with Crippen molar-refractivity contribution in [3.05, 3.63) is 59.4 Å². The Labute approximate surface area is 121 Å². The second-order valence-corrected chi connectivity index (χ2v) is 6.02. The third-order valence-electron chi connectivity index (χ3n) is 2.83. The summed E-state index contributed by atoms with van der Waals surface area (Å²) in [6.45, 7) is 1.46. The van der Waals surface area contributed by atoms with E-state index in [1.807, 2.05) is 0 Å². The first-order valence-corrected chi connectivity index (χ1v) is 7.41. The number of benzene rings is 2. The Morgan fingerprint density at radius 3 is 2.48 bits per heavy atom. The molecule has 0 radical (unpaired) electrons. The number of carbonyl (C=O) groups is 1. The molecule has 0 saturated carbocycles. The van der Waals surface area contributed by atoms with Crippen molar-refractivity contribution in [2.45, 2.75) is 11.8 Å². The van der Waals surface area contributed by atoms with Crippen LogP contribution in [-0.4, -0.2) is 19.5 Å². The predicted octanol–water partition coefficient (Wildman–Crippen LogP) is 2.63. The molecular weight excluding hydrogens is 297 g/mol. The number of nitrogens with one attached hydrogen (secondary N) is 1. The normalized spacial score (nSPS) is 11.1. The van der Waals surface area contributed by atoms with Gasteiger partial charge in [-0.25, -0.2) is 17.6 Å². The van der Waals surface area contributed by atoms with Gasteiger partial charge < -0.3 is 5.11 Å². The molecule has 0 aromatic heterocycles. The highest BCUT2D eigenvalue weighted by atomic mass is 32.2. The van der Waals surface area contributed by atoms with Gasteiger partial charge in [-0.2, -0.15) is 0 Å². The van der Waals surface area contributed by atoms with Crippen LogP contribution >= 0.6 is 0 Å². The van der Waals surface area contributed by atoms with Gasteiger partial charge in [-0.1, -0.05) is 12.1 Å². The molecule has 0 amide bonds. The van der Waals surface area contributed by atoms with Gasteiger partial charge in [-0.05, 0) is 42.8 Å². The molecule has 0 aliphatic carbocycles. The first-order valence-electron chi connectivity index (χ1n) is 5.92. The number of anilines is 1. The molecule has 0 aliphatic rings. The van der Waals surface area contributed by atoms with Crippen LogP contribution in [0, 0.1) is 12.7 Å². The Morgan fingerprint density at radius 1 is 1.19 bits per heavy atom. The zero-order valence-corrected chi connectivity index (χ0v) is 11.8. The number of carboxylic acids is 1. The monoisotopic (exact) mass is 309 g/mol. The maximum absolute atomic E-state index is 13.0. The molecule has 0 heterocycles. The van der Waals surface area contributed by atoms with Gasteiger partial charge in [0.2, 0.25) is 0 Å². The van der Waals surface area contributed by atoms with Crippen LogP contribution in [0.15, 0.2) is 47.4 Å². The van der Waals surface area contributed by atoms with Gasteiger partial charge in [-0.15, -0.1) is 0 Å². The SMILES string of the molecule is Cc1cc(F)ccc1S(=O)(=O)Nc1ccccc1C(=O)O. The van der Waals surface area contributed by atoms with Crippen molar-refractivity contribution in [2.75, 3.05) is 4.72 Å². The van der Waals surface area contributed by atoms with E-state index in [2.05, 4.69) is 4.72 Å². The predicted molar refractivity (Wildman–Crippen MR) is 75.3 cm³/mol. The lowest BCUT2D eigenvalue weighted by atomic mass is 10.2. The maximum atomic E-state index is 13.0. The Hall–Kier alpha value is -2.41. The van der Waals surface area contributed by atoms with Crippen molar-refractivity contribution in [3.63, 3.8) is 0 Å². The van der Waals surface area contributed by atoms with Crippen LogP contribution in [0.1, 0.15) is 15.9 Å². The van der Waals surface area contributed by atoms with Crippen LogP contribution in [0.4, 0.5) is 10.1 Å². The topological polar surface area (TPSA) is 83.5 Å². The van der Waals surface area contributed by atoms with Crippen molar-refractivity contribution >= 4 is 21.7 Å². The van der Waals surface area contributed by atoms with Gasteiger partial charge in [0, 0.05) is 0 Å². The number of hydrogen-bond acceptors (Lipinski definition) is 3. The minimum absolute atomic E-state index is 0.0475. The van der Waals surface area contributed by atoms with E-state index < -0.39 is 21.8 Å². The lowest BCUT2D eigenvalue weighted by Gasteiger charge is -2.12. The average Bonchev–Trinajstić information content (AvgIpc) is 2.37. The Morgan fingerprint density at radius 2 is 1.86 bits per heavy atom. The van der Waals surface area contributed by atoms with Gasteiger partial charge in [0.15, 0.2) is 0 Å². The number of carboxylic acid groups (broad SMARTS) is 1. The summed E-state index contributed by atoms with van der Waals surface area (Å²) in [5.74, 6) is -1.79. The fraction of sp³-hybridized carbons (Fsp3) is 0.0714. The number of para-hydroxylation sites is 1. The van der Waals surface area contributed by atoms with E-state index in [0.29, 0.717) is 0 Å².